The zero-order valence-corrected chi connectivity index (χ0v) is 19.4. The van der Waals surface area contributed by atoms with Gasteiger partial charge in [-0.2, -0.15) is 0 Å². The van der Waals surface area contributed by atoms with Gasteiger partial charge in [-0.1, -0.05) is 29.8 Å². The maximum atomic E-state index is 13.4. The molecule has 2 atom stereocenters. The summed E-state index contributed by atoms with van der Waals surface area (Å²) in [6.07, 6.45) is 4.08. The van der Waals surface area contributed by atoms with Gasteiger partial charge in [-0.25, -0.2) is 0 Å². The van der Waals surface area contributed by atoms with Crippen LogP contribution in [0.5, 0.6) is 0 Å². The number of amides is 1. The van der Waals surface area contributed by atoms with Crippen LogP contribution in [0.4, 0.5) is 0 Å². The molecule has 1 aromatic carbocycles. The van der Waals surface area contributed by atoms with E-state index in [1.807, 2.05) is 36.5 Å². The predicted octanol–water partition coefficient (Wildman–Crippen LogP) is 3.82. The van der Waals surface area contributed by atoms with E-state index in [-0.39, 0.29) is 12.0 Å². The monoisotopic (exact) mass is 465 g/mol. The van der Waals surface area contributed by atoms with Crippen LogP contribution in [0, 0.1) is 18.8 Å². The van der Waals surface area contributed by atoms with E-state index in [1.54, 1.807) is 0 Å². The number of hydrogen-bond acceptors (Lipinski definition) is 5. The van der Waals surface area contributed by atoms with Crippen molar-refractivity contribution in [2.75, 3.05) is 6.54 Å². The van der Waals surface area contributed by atoms with Crippen LogP contribution in [0.15, 0.2) is 24.3 Å². The fourth-order valence-electron chi connectivity index (χ4n) is 6.17. The molecular weight excluding hydrogens is 442 g/mol. The van der Waals surface area contributed by atoms with Crippen molar-refractivity contribution in [1.82, 2.24) is 25.0 Å². The van der Waals surface area contributed by atoms with E-state index in [2.05, 4.69) is 31.0 Å². The van der Waals surface area contributed by atoms with Gasteiger partial charge in [0.25, 0.3) is 0 Å². The highest BCUT2D eigenvalue weighted by molar-refractivity contribution is 7.15. The SMILES string of the molecule is Cc1nnc2n1-c1sc3c(c1[C@H](c1ccccc1Cl)NC2)C[C@H](C(=O)N1CC2CC1C2)C3. The summed E-state index contributed by atoms with van der Waals surface area (Å²) >= 11 is 8.47. The quantitative estimate of drug-likeness (QED) is 0.625. The molecule has 3 aliphatic heterocycles. The zero-order valence-electron chi connectivity index (χ0n) is 17.8. The summed E-state index contributed by atoms with van der Waals surface area (Å²) in [7, 11) is 0. The third-order valence-electron chi connectivity index (χ3n) is 7.80. The molecule has 2 aromatic heterocycles. The first kappa shape index (κ1) is 19.3. The second-order valence-electron chi connectivity index (χ2n) is 9.64. The first-order valence-corrected chi connectivity index (χ1v) is 12.6. The Hall–Kier alpha value is -2.22. The van der Waals surface area contributed by atoms with E-state index < -0.39 is 0 Å². The number of carbonyl (C=O) groups is 1. The summed E-state index contributed by atoms with van der Waals surface area (Å²) < 4.78 is 2.19. The third kappa shape index (κ3) is 2.65. The van der Waals surface area contributed by atoms with Crippen molar-refractivity contribution >= 4 is 28.8 Å². The molecule has 1 amide bonds. The lowest BCUT2D eigenvalue weighted by molar-refractivity contribution is -0.135. The van der Waals surface area contributed by atoms with E-state index >= 15 is 0 Å². The molecule has 3 fully saturated rings. The van der Waals surface area contributed by atoms with Crippen molar-refractivity contribution in [1.29, 1.82) is 0 Å². The number of aryl methyl sites for hydroxylation is 1. The average molecular weight is 466 g/mol. The summed E-state index contributed by atoms with van der Waals surface area (Å²) in [5, 5.41) is 14.4. The Morgan fingerprint density at radius 1 is 1.22 bits per heavy atom. The Labute approximate surface area is 195 Å². The summed E-state index contributed by atoms with van der Waals surface area (Å²) in [6.45, 7) is 3.59. The maximum absolute atomic E-state index is 13.4. The van der Waals surface area contributed by atoms with Gasteiger partial charge in [0.05, 0.1) is 12.6 Å². The normalized spacial score (nSPS) is 27.5. The number of hydrogen-bond donors (Lipinski definition) is 1. The van der Waals surface area contributed by atoms with E-state index in [0.29, 0.717) is 18.5 Å². The Morgan fingerprint density at radius 3 is 2.84 bits per heavy atom. The molecule has 2 saturated heterocycles. The fourth-order valence-corrected chi connectivity index (χ4v) is 7.93. The molecule has 164 valence electrons. The maximum Gasteiger partial charge on any atom is 0.226 e. The van der Waals surface area contributed by atoms with Crippen LogP contribution in [0.3, 0.4) is 0 Å². The predicted molar refractivity (Wildman–Crippen MR) is 123 cm³/mol. The van der Waals surface area contributed by atoms with Gasteiger partial charge in [0, 0.05) is 34.0 Å². The largest absolute Gasteiger partial charge is 0.339 e. The minimum Gasteiger partial charge on any atom is -0.339 e. The highest BCUT2D eigenvalue weighted by Crippen LogP contribution is 2.48. The van der Waals surface area contributed by atoms with Gasteiger partial charge in [0.15, 0.2) is 5.82 Å². The number of aromatic nitrogens is 3. The smallest absolute Gasteiger partial charge is 0.226 e. The minimum absolute atomic E-state index is 0.0340. The molecule has 6 nitrogen and oxygen atoms in total. The molecule has 5 aliphatic rings. The standard InChI is InChI=1S/C24H24ClN5OS/c1-12-27-28-20-10-26-22(16-4-2-3-5-18(16)25)21-17-8-14(9-19(17)32-24(21)30(12)20)23(31)29-11-13-6-15(29)7-13/h2-5,13-15,22,26H,6-11H2,1H3/t13?,14-,15?,22-/m0/s1. The van der Waals surface area contributed by atoms with Gasteiger partial charge < -0.3 is 4.90 Å². The van der Waals surface area contributed by atoms with Gasteiger partial charge in [-0.15, -0.1) is 21.5 Å². The van der Waals surface area contributed by atoms with E-state index in [4.69, 9.17) is 11.6 Å². The Bertz CT molecular complexity index is 1260. The number of nitrogens with one attached hydrogen (secondary N) is 1. The second kappa shape index (κ2) is 6.89. The van der Waals surface area contributed by atoms with Crippen molar-refractivity contribution in [2.45, 2.75) is 51.2 Å². The average Bonchev–Trinajstić information content (AvgIpc) is 3.54. The molecule has 1 saturated carbocycles. The number of benzene rings is 1. The number of thiophene rings is 1. The van der Waals surface area contributed by atoms with Gasteiger partial charge in [-0.3, -0.25) is 14.7 Å². The number of nitrogens with zero attached hydrogens (tertiary/aromatic N) is 4. The van der Waals surface area contributed by atoms with Gasteiger partial charge in [0.1, 0.15) is 10.8 Å². The molecule has 2 bridgehead atoms. The Balaban J connectivity index is 1.32. The van der Waals surface area contributed by atoms with Crippen LogP contribution < -0.4 is 5.32 Å². The second-order valence-corrected chi connectivity index (χ2v) is 11.1. The van der Waals surface area contributed by atoms with Gasteiger partial charge >= 0.3 is 0 Å². The van der Waals surface area contributed by atoms with Crippen LogP contribution in [-0.2, 0) is 24.2 Å². The molecule has 0 unspecified atom stereocenters. The molecule has 8 heteroatoms. The minimum atomic E-state index is -0.0340. The third-order valence-corrected chi connectivity index (χ3v) is 9.40. The first-order chi connectivity index (χ1) is 15.6. The summed E-state index contributed by atoms with van der Waals surface area (Å²) in [4.78, 5) is 16.9. The van der Waals surface area contributed by atoms with E-state index in [0.717, 1.165) is 47.5 Å². The van der Waals surface area contributed by atoms with Crippen LogP contribution in [-0.4, -0.2) is 38.2 Å². The van der Waals surface area contributed by atoms with Crippen LogP contribution >= 0.6 is 22.9 Å². The lowest BCUT2D eigenvalue weighted by atomic mass is 9.86. The van der Waals surface area contributed by atoms with Crippen molar-refractivity contribution in [3.8, 4) is 5.00 Å². The summed E-state index contributed by atoms with van der Waals surface area (Å²) in [5.74, 6) is 3.00. The lowest BCUT2D eigenvalue weighted by Gasteiger charge is -2.27. The van der Waals surface area contributed by atoms with Crippen LogP contribution in [0.1, 0.15) is 52.1 Å². The first-order valence-electron chi connectivity index (χ1n) is 11.4. The van der Waals surface area contributed by atoms with Gasteiger partial charge in [0.2, 0.25) is 5.91 Å². The topological polar surface area (TPSA) is 63.1 Å². The van der Waals surface area contributed by atoms with Crippen molar-refractivity contribution in [3.05, 3.63) is 62.5 Å². The molecule has 8 rings (SSSR count). The van der Waals surface area contributed by atoms with E-state index in [9.17, 15) is 4.79 Å². The van der Waals surface area contributed by atoms with Crippen molar-refractivity contribution in [3.63, 3.8) is 0 Å². The molecule has 5 heterocycles. The highest BCUT2D eigenvalue weighted by atomic mass is 35.5. The molecule has 1 N–H and O–H groups in total. The van der Waals surface area contributed by atoms with Crippen LogP contribution in [0.2, 0.25) is 5.02 Å². The highest BCUT2D eigenvalue weighted by Gasteiger charge is 2.48. The van der Waals surface area contributed by atoms with Crippen molar-refractivity contribution in [2.24, 2.45) is 11.8 Å². The Morgan fingerprint density at radius 2 is 2.06 bits per heavy atom. The Kier molecular flexibility index (Phi) is 4.15. The lowest BCUT2D eigenvalue weighted by Crippen LogP contribution is -2.38. The van der Waals surface area contributed by atoms with Crippen molar-refractivity contribution < 1.29 is 4.79 Å². The zero-order chi connectivity index (χ0) is 21.6. The number of fused-ring (bicyclic) bond motifs is 6. The molecule has 0 spiro atoms. The van der Waals surface area contributed by atoms with Crippen LogP contribution in [0.25, 0.3) is 5.00 Å². The fraction of sp³-hybridized carbons (Fsp3) is 0.458. The molecule has 0 radical (unpaired) electrons. The number of rotatable bonds is 2. The molecule has 3 aromatic rings. The van der Waals surface area contributed by atoms with E-state index in [1.165, 1.54) is 33.8 Å². The number of halogens is 1. The van der Waals surface area contributed by atoms with Gasteiger partial charge in [-0.05, 0) is 55.7 Å². The molecule has 2 aliphatic carbocycles. The number of carbonyl (C=O) groups excluding carboxylic acids is 1. The molecular formula is C24H24ClN5OS. The summed E-state index contributed by atoms with van der Waals surface area (Å²) in [6, 6.07) is 8.53. The summed E-state index contributed by atoms with van der Waals surface area (Å²) in [5.41, 5.74) is 3.65. The molecule has 32 heavy (non-hydrogen) atoms.